The SMILES string of the molecule is CC[C@H]1O[C@@H](n2cnc3c(NCc4ccccc4)ncnc32)CC1C. The zero-order chi connectivity index (χ0) is 17.2. The Kier molecular flexibility index (Phi) is 4.36. The minimum Gasteiger partial charge on any atom is -0.364 e. The van der Waals surface area contributed by atoms with Gasteiger partial charge in [0.1, 0.15) is 12.6 Å². The minimum absolute atomic E-state index is 0.00169. The smallest absolute Gasteiger partial charge is 0.167 e. The Balaban J connectivity index is 1.58. The standard InChI is InChI=1S/C19H23N5O/c1-3-15-13(2)9-16(25-15)24-12-23-17-18(21-11-22-19(17)24)20-10-14-7-5-4-6-8-14/h4-8,11-13,15-16H,3,9-10H2,1-2H3,(H,20,21,22)/t13?,15-,16-/m1/s1. The van der Waals surface area contributed by atoms with Gasteiger partial charge in [-0.15, -0.1) is 0 Å². The summed E-state index contributed by atoms with van der Waals surface area (Å²) in [6.45, 7) is 5.12. The Morgan fingerprint density at radius 1 is 1.20 bits per heavy atom. The first kappa shape index (κ1) is 16.0. The van der Waals surface area contributed by atoms with Crippen LogP contribution >= 0.6 is 0 Å². The van der Waals surface area contributed by atoms with Gasteiger partial charge in [-0.3, -0.25) is 4.57 Å². The molecule has 3 aromatic rings. The van der Waals surface area contributed by atoms with E-state index in [1.165, 1.54) is 5.56 Å². The largest absolute Gasteiger partial charge is 0.364 e. The number of aromatic nitrogens is 4. The summed E-state index contributed by atoms with van der Waals surface area (Å²) in [4.78, 5) is 13.4. The van der Waals surface area contributed by atoms with E-state index in [4.69, 9.17) is 4.74 Å². The molecule has 3 atom stereocenters. The lowest BCUT2D eigenvalue weighted by Gasteiger charge is -2.14. The van der Waals surface area contributed by atoms with Gasteiger partial charge in [0.2, 0.25) is 0 Å². The average molecular weight is 337 g/mol. The Labute approximate surface area is 147 Å². The lowest BCUT2D eigenvalue weighted by atomic mass is 10.0. The molecule has 4 rings (SSSR count). The second-order valence-corrected chi connectivity index (χ2v) is 6.64. The Morgan fingerprint density at radius 3 is 2.80 bits per heavy atom. The van der Waals surface area contributed by atoms with Crippen LogP contribution in [0.5, 0.6) is 0 Å². The number of hydrogen-bond donors (Lipinski definition) is 1. The monoisotopic (exact) mass is 337 g/mol. The zero-order valence-corrected chi connectivity index (χ0v) is 14.6. The summed E-state index contributed by atoms with van der Waals surface area (Å²) in [5, 5.41) is 3.37. The molecule has 0 radical (unpaired) electrons. The van der Waals surface area contributed by atoms with Crippen molar-refractivity contribution in [1.82, 2.24) is 19.5 Å². The van der Waals surface area contributed by atoms with Crippen LogP contribution in [-0.4, -0.2) is 25.6 Å². The van der Waals surface area contributed by atoms with Crippen molar-refractivity contribution in [3.63, 3.8) is 0 Å². The molecule has 6 nitrogen and oxygen atoms in total. The summed E-state index contributed by atoms with van der Waals surface area (Å²) in [5.74, 6) is 1.30. The van der Waals surface area contributed by atoms with Crippen molar-refractivity contribution >= 4 is 17.0 Å². The first-order chi connectivity index (χ1) is 12.3. The van der Waals surface area contributed by atoms with Crippen LogP contribution in [-0.2, 0) is 11.3 Å². The van der Waals surface area contributed by atoms with E-state index in [0.29, 0.717) is 18.6 Å². The van der Waals surface area contributed by atoms with Gasteiger partial charge in [-0.1, -0.05) is 44.2 Å². The second kappa shape index (κ2) is 6.80. The maximum Gasteiger partial charge on any atom is 0.167 e. The van der Waals surface area contributed by atoms with Gasteiger partial charge in [0.05, 0.1) is 12.4 Å². The van der Waals surface area contributed by atoms with E-state index >= 15 is 0 Å². The Bertz CT molecular complexity index is 847. The Morgan fingerprint density at radius 2 is 2.04 bits per heavy atom. The maximum atomic E-state index is 6.19. The van der Waals surface area contributed by atoms with Crippen molar-refractivity contribution in [1.29, 1.82) is 0 Å². The van der Waals surface area contributed by atoms with E-state index < -0.39 is 0 Å². The number of nitrogens with one attached hydrogen (secondary N) is 1. The van der Waals surface area contributed by atoms with E-state index in [1.807, 2.05) is 29.1 Å². The number of nitrogens with zero attached hydrogens (tertiary/aromatic N) is 4. The summed E-state index contributed by atoms with van der Waals surface area (Å²) >= 11 is 0. The summed E-state index contributed by atoms with van der Waals surface area (Å²) < 4.78 is 8.23. The lowest BCUT2D eigenvalue weighted by molar-refractivity contribution is -0.00304. The summed E-state index contributed by atoms with van der Waals surface area (Å²) in [7, 11) is 0. The third kappa shape index (κ3) is 3.09. The molecule has 0 amide bonds. The number of anilines is 1. The fourth-order valence-electron chi connectivity index (χ4n) is 3.51. The van der Waals surface area contributed by atoms with Gasteiger partial charge in [0.25, 0.3) is 0 Å². The fraction of sp³-hybridized carbons (Fsp3) is 0.421. The molecule has 130 valence electrons. The maximum absolute atomic E-state index is 6.19. The first-order valence-electron chi connectivity index (χ1n) is 8.87. The van der Waals surface area contributed by atoms with Crippen LogP contribution in [0.4, 0.5) is 5.82 Å². The number of benzene rings is 1. The van der Waals surface area contributed by atoms with Crippen molar-refractivity contribution in [2.24, 2.45) is 5.92 Å². The third-order valence-corrected chi connectivity index (χ3v) is 4.91. The van der Waals surface area contributed by atoms with Crippen LogP contribution in [0.2, 0.25) is 0 Å². The second-order valence-electron chi connectivity index (χ2n) is 6.64. The topological polar surface area (TPSA) is 64.9 Å². The van der Waals surface area contributed by atoms with E-state index in [-0.39, 0.29) is 6.23 Å². The zero-order valence-electron chi connectivity index (χ0n) is 14.6. The minimum atomic E-state index is 0.00169. The summed E-state index contributed by atoms with van der Waals surface area (Å²) in [6.07, 6.45) is 5.73. The predicted molar refractivity (Wildman–Crippen MR) is 97.1 cm³/mol. The first-order valence-corrected chi connectivity index (χ1v) is 8.87. The lowest BCUT2D eigenvalue weighted by Crippen LogP contribution is -2.12. The van der Waals surface area contributed by atoms with Crippen LogP contribution in [0.15, 0.2) is 43.0 Å². The predicted octanol–water partition coefficient (Wildman–Crippen LogP) is 3.77. The number of hydrogen-bond acceptors (Lipinski definition) is 5. The van der Waals surface area contributed by atoms with Gasteiger partial charge in [0.15, 0.2) is 17.0 Å². The van der Waals surface area contributed by atoms with E-state index in [2.05, 4.69) is 46.2 Å². The highest BCUT2D eigenvalue weighted by molar-refractivity contribution is 5.82. The van der Waals surface area contributed by atoms with Crippen molar-refractivity contribution in [3.8, 4) is 0 Å². The van der Waals surface area contributed by atoms with Gasteiger partial charge in [0, 0.05) is 6.54 Å². The molecule has 2 aromatic heterocycles. The Hall–Kier alpha value is -2.47. The molecule has 0 bridgehead atoms. The molecule has 1 fully saturated rings. The van der Waals surface area contributed by atoms with Crippen LogP contribution in [0.25, 0.3) is 11.2 Å². The molecule has 6 heteroatoms. The van der Waals surface area contributed by atoms with Crippen molar-refractivity contribution in [2.75, 3.05) is 5.32 Å². The van der Waals surface area contributed by atoms with Crippen molar-refractivity contribution in [2.45, 2.75) is 45.6 Å². The molecule has 1 unspecified atom stereocenters. The number of ether oxygens (including phenoxy) is 1. The normalized spacial score (nSPS) is 23.2. The number of imidazole rings is 1. The molecule has 1 saturated heterocycles. The highest BCUT2D eigenvalue weighted by Gasteiger charge is 2.33. The molecule has 1 aliphatic heterocycles. The molecule has 1 N–H and O–H groups in total. The van der Waals surface area contributed by atoms with Crippen molar-refractivity contribution in [3.05, 3.63) is 48.5 Å². The third-order valence-electron chi connectivity index (χ3n) is 4.91. The van der Waals surface area contributed by atoms with Gasteiger partial charge < -0.3 is 10.1 Å². The van der Waals surface area contributed by atoms with Gasteiger partial charge >= 0.3 is 0 Å². The molecule has 0 aliphatic carbocycles. The van der Waals surface area contributed by atoms with Gasteiger partial charge in [-0.2, -0.15) is 0 Å². The summed E-state index contributed by atoms with van der Waals surface area (Å²) in [5.41, 5.74) is 2.81. The highest BCUT2D eigenvalue weighted by Crippen LogP contribution is 2.36. The molecule has 0 saturated carbocycles. The highest BCUT2D eigenvalue weighted by atomic mass is 16.5. The van der Waals surface area contributed by atoms with E-state index in [0.717, 1.165) is 29.8 Å². The molecule has 1 aliphatic rings. The molecular weight excluding hydrogens is 314 g/mol. The van der Waals surface area contributed by atoms with Crippen LogP contribution in [0.3, 0.4) is 0 Å². The molecule has 0 spiro atoms. The van der Waals surface area contributed by atoms with E-state index in [9.17, 15) is 0 Å². The van der Waals surface area contributed by atoms with Gasteiger partial charge in [-0.05, 0) is 24.3 Å². The molecular formula is C19H23N5O. The number of rotatable bonds is 5. The van der Waals surface area contributed by atoms with Crippen LogP contribution < -0.4 is 5.32 Å². The van der Waals surface area contributed by atoms with Gasteiger partial charge in [-0.25, -0.2) is 15.0 Å². The molecule has 25 heavy (non-hydrogen) atoms. The van der Waals surface area contributed by atoms with Crippen molar-refractivity contribution < 1.29 is 4.74 Å². The molecule has 1 aromatic carbocycles. The van der Waals surface area contributed by atoms with E-state index in [1.54, 1.807) is 6.33 Å². The average Bonchev–Trinajstić information content (AvgIpc) is 3.24. The molecule has 3 heterocycles. The van der Waals surface area contributed by atoms with Crippen LogP contribution in [0, 0.1) is 5.92 Å². The number of fused-ring (bicyclic) bond motifs is 1. The quantitative estimate of drug-likeness (QED) is 0.768. The van der Waals surface area contributed by atoms with Crippen LogP contribution in [0.1, 0.15) is 38.5 Å². The summed E-state index contributed by atoms with van der Waals surface area (Å²) in [6, 6.07) is 10.2. The fourth-order valence-corrected chi connectivity index (χ4v) is 3.51.